The fourth-order valence-corrected chi connectivity index (χ4v) is 3.38. The summed E-state index contributed by atoms with van der Waals surface area (Å²) in [4.78, 5) is 19.1. The minimum atomic E-state index is -0.0525. The van der Waals surface area contributed by atoms with Gasteiger partial charge >= 0.3 is 0 Å². The Bertz CT molecular complexity index is 900. The van der Waals surface area contributed by atoms with Crippen molar-refractivity contribution in [2.45, 2.75) is 38.6 Å². The molecule has 4 heterocycles. The molecule has 4 rings (SSSR count). The van der Waals surface area contributed by atoms with Gasteiger partial charge in [0.2, 0.25) is 0 Å². The van der Waals surface area contributed by atoms with E-state index in [9.17, 15) is 4.79 Å². The Hall–Kier alpha value is -2.83. The third kappa shape index (κ3) is 3.16. The lowest BCUT2D eigenvalue weighted by Gasteiger charge is -2.33. The van der Waals surface area contributed by atoms with Crippen LogP contribution in [0.3, 0.4) is 0 Å². The third-order valence-electron chi connectivity index (χ3n) is 4.76. The van der Waals surface area contributed by atoms with Gasteiger partial charge in [0.1, 0.15) is 5.82 Å². The van der Waals surface area contributed by atoms with E-state index < -0.39 is 0 Å². The number of piperidine rings is 1. The maximum atomic E-state index is 12.6. The first-order valence-electron chi connectivity index (χ1n) is 9.06. The molecule has 1 aliphatic heterocycles. The molecule has 0 unspecified atom stereocenters. The zero-order valence-electron chi connectivity index (χ0n) is 15.1. The van der Waals surface area contributed by atoms with E-state index in [0.29, 0.717) is 18.2 Å². The number of nitrogens with zero attached hydrogens (tertiary/aromatic N) is 4. The number of likely N-dealkylation sites (tertiary alicyclic amines) is 1. The molecule has 136 valence electrons. The van der Waals surface area contributed by atoms with Crippen LogP contribution in [0.15, 0.2) is 41.1 Å². The quantitative estimate of drug-likeness (QED) is 0.780. The smallest absolute Gasteiger partial charge is 0.289 e. The Morgan fingerprint density at radius 2 is 2.27 bits per heavy atom. The average molecular weight is 353 g/mol. The van der Waals surface area contributed by atoms with Crippen LogP contribution in [-0.2, 0) is 0 Å². The number of aromatic nitrogens is 3. The van der Waals surface area contributed by atoms with Crippen molar-refractivity contribution in [3.8, 4) is 0 Å². The van der Waals surface area contributed by atoms with E-state index >= 15 is 0 Å². The first kappa shape index (κ1) is 16.6. The highest BCUT2D eigenvalue weighted by Crippen LogP contribution is 2.22. The van der Waals surface area contributed by atoms with Crippen molar-refractivity contribution in [2.75, 3.05) is 18.4 Å². The molecule has 7 heteroatoms. The van der Waals surface area contributed by atoms with Gasteiger partial charge in [-0.05, 0) is 30.9 Å². The number of furan rings is 1. The number of anilines is 1. The lowest BCUT2D eigenvalue weighted by atomic mass is 10.0. The number of hydrogen-bond donors (Lipinski definition) is 1. The summed E-state index contributed by atoms with van der Waals surface area (Å²) in [5.41, 5.74) is 1.86. The van der Waals surface area contributed by atoms with Crippen LogP contribution in [0.1, 0.15) is 48.9 Å². The Labute approximate surface area is 152 Å². The van der Waals surface area contributed by atoms with Gasteiger partial charge < -0.3 is 14.6 Å². The second-order valence-electron chi connectivity index (χ2n) is 7.03. The SMILES string of the molecule is CC(C)c1cc(N[C@@H]2CCCN(C(=O)c3ccco3)C2)n2nccc2n1. The number of rotatable bonds is 4. The molecule has 0 radical (unpaired) electrons. The minimum Gasteiger partial charge on any atom is -0.459 e. The second kappa shape index (κ2) is 6.82. The normalized spacial score (nSPS) is 17.8. The number of nitrogens with one attached hydrogen (secondary N) is 1. The molecule has 3 aromatic rings. The van der Waals surface area contributed by atoms with Crippen molar-refractivity contribution in [1.29, 1.82) is 0 Å². The molecule has 0 saturated carbocycles. The lowest BCUT2D eigenvalue weighted by Crippen LogP contribution is -2.45. The zero-order valence-corrected chi connectivity index (χ0v) is 15.1. The zero-order chi connectivity index (χ0) is 18.1. The standard InChI is InChI=1S/C19H23N5O2/c1-13(2)15-11-18(24-17(22-15)7-8-20-24)21-14-5-3-9-23(12-14)19(25)16-6-4-10-26-16/h4,6-8,10-11,13-14,21H,3,5,9,12H2,1-2H3/t14-/m1/s1. The predicted molar refractivity (Wildman–Crippen MR) is 98.3 cm³/mol. The van der Waals surface area contributed by atoms with Crippen molar-refractivity contribution in [3.05, 3.63) is 48.2 Å². The molecular formula is C19H23N5O2. The van der Waals surface area contributed by atoms with Crippen LogP contribution in [0.2, 0.25) is 0 Å². The Morgan fingerprint density at radius 1 is 1.38 bits per heavy atom. The summed E-state index contributed by atoms with van der Waals surface area (Å²) in [7, 11) is 0. The van der Waals surface area contributed by atoms with Gasteiger partial charge in [-0.25, -0.2) is 4.98 Å². The molecule has 7 nitrogen and oxygen atoms in total. The number of hydrogen-bond acceptors (Lipinski definition) is 5. The van der Waals surface area contributed by atoms with Crippen molar-refractivity contribution >= 4 is 17.4 Å². The highest BCUT2D eigenvalue weighted by molar-refractivity contribution is 5.91. The van der Waals surface area contributed by atoms with Crippen molar-refractivity contribution in [1.82, 2.24) is 19.5 Å². The molecule has 3 aromatic heterocycles. The first-order valence-corrected chi connectivity index (χ1v) is 9.06. The third-order valence-corrected chi connectivity index (χ3v) is 4.76. The van der Waals surface area contributed by atoms with E-state index in [0.717, 1.165) is 36.5 Å². The van der Waals surface area contributed by atoms with Crippen molar-refractivity contribution in [3.63, 3.8) is 0 Å². The molecule has 26 heavy (non-hydrogen) atoms. The van der Waals surface area contributed by atoms with Gasteiger partial charge in [0, 0.05) is 37.0 Å². The summed E-state index contributed by atoms with van der Waals surface area (Å²) >= 11 is 0. The number of fused-ring (bicyclic) bond motifs is 1. The molecule has 1 atom stereocenters. The van der Waals surface area contributed by atoms with Crippen LogP contribution in [-0.4, -0.2) is 44.5 Å². The summed E-state index contributed by atoms with van der Waals surface area (Å²) in [6.45, 7) is 5.65. The second-order valence-corrected chi connectivity index (χ2v) is 7.03. The summed E-state index contributed by atoms with van der Waals surface area (Å²) in [5.74, 6) is 1.59. The molecule has 1 saturated heterocycles. The monoisotopic (exact) mass is 353 g/mol. The van der Waals surface area contributed by atoms with E-state index in [1.165, 1.54) is 6.26 Å². The lowest BCUT2D eigenvalue weighted by molar-refractivity contribution is 0.0682. The van der Waals surface area contributed by atoms with E-state index in [4.69, 9.17) is 4.42 Å². The fraction of sp³-hybridized carbons (Fsp3) is 0.421. The van der Waals surface area contributed by atoms with Gasteiger partial charge in [-0.15, -0.1) is 0 Å². The molecule has 0 aromatic carbocycles. The Balaban J connectivity index is 1.54. The van der Waals surface area contributed by atoms with Crippen LogP contribution in [0.4, 0.5) is 5.82 Å². The fourth-order valence-electron chi connectivity index (χ4n) is 3.38. The van der Waals surface area contributed by atoms with Crippen LogP contribution >= 0.6 is 0 Å². The molecule has 1 aliphatic rings. The summed E-state index contributed by atoms with van der Waals surface area (Å²) in [6.07, 6.45) is 5.25. The van der Waals surface area contributed by atoms with Crippen LogP contribution < -0.4 is 5.32 Å². The van der Waals surface area contributed by atoms with E-state index in [1.807, 2.05) is 15.5 Å². The number of carbonyl (C=O) groups is 1. The maximum absolute atomic E-state index is 12.6. The topological polar surface area (TPSA) is 75.7 Å². The van der Waals surface area contributed by atoms with Gasteiger partial charge in [-0.2, -0.15) is 9.61 Å². The molecular weight excluding hydrogens is 330 g/mol. The molecule has 1 N–H and O–H groups in total. The van der Waals surface area contributed by atoms with Crippen LogP contribution in [0, 0.1) is 0 Å². The minimum absolute atomic E-state index is 0.0525. The molecule has 0 bridgehead atoms. The summed E-state index contributed by atoms with van der Waals surface area (Å²) in [6, 6.07) is 7.58. The van der Waals surface area contributed by atoms with Gasteiger partial charge in [-0.3, -0.25) is 4.79 Å². The van der Waals surface area contributed by atoms with Crippen molar-refractivity contribution < 1.29 is 9.21 Å². The number of carbonyl (C=O) groups excluding carboxylic acids is 1. The molecule has 1 fully saturated rings. The number of amides is 1. The predicted octanol–water partition coefficient (Wildman–Crippen LogP) is 3.16. The molecule has 0 spiro atoms. The van der Waals surface area contributed by atoms with Crippen molar-refractivity contribution in [2.24, 2.45) is 0 Å². The van der Waals surface area contributed by atoms with Crippen LogP contribution in [0.5, 0.6) is 0 Å². The summed E-state index contributed by atoms with van der Waals surface area (Å²) in [5, 5.41) is 7.95. The summed E-state index contributed by atoms with van der Waals surface area (Å²) < 4.78 is 7.08. The van der Waals surface area contributed by atoms with E-state index in [1.54, 1.807) is 18.3 Å². The average Bonchev–Trinajstić information content (AvgIpc) is 3.33. The molecule has 0 aliphatic carbocycles. The highest BCUT2D eigenvalue weighted by atomic mass is 16.3. The first-order chi connectivity index (χ1) is 12.6. The van der Waals surface area contributed by atoms with Gasteiger partial charge in [0.05, 0.1) is 12.5 Å². The van der Waals surface area contributed by atoms with E-state index in [2.05, 4.69) is 35.3 Å². The Kier molecular flexibility index (Phi) is 4.36. The van der Waals surface area contributed by atoms with E-state index in [-0.39, 0.29) is 11.9 Å². The highest BCUT2D eigenvalue weighted by Gasteiger charge is 2.26. The Morgan fingerprint density at radius 3 is 3.04 bits per heavy atom. The van der Waals surface area contributed by atoms with Gasteiger partial charge in [0.25, 0.3) is 5.91 Å². The maximum Gasteiger partial charge on any atom is 0.289 e. The van der Waals surface area contributed by atoms with Gasteiger partial charge in [-0.1, -0.05) is 13.8 Å². The van der Waals surface area contributed by atoms with Gasteiger partial charge in [0.15, 0.2) is 11.4 Å². The largest absolute Gasteiger partial charge is 0.459 e. The van der Waals surface area contributed by atoms with Crippen LogP contribution in [0.25, 0.3) is 5.65 Å². The molecule has 1 amide bonds.